The monoisotopic (exact) mass is 299 g/mol. The van der Waals surface area contributed by atoms with Gasteiger partial charge in [0.2, 0.25) is 0 Å². The molecule has 0 aliphatic carbocycles. The Balaban J connectivity index is 1.67. The maximum Gasteiger partial charge on any atom is 0.167 e. The largest absolute Gasteiger partial charge is 0.316 e. The Morgan fingerprint density at radius 2 is 1.81 bits per heavy atom. The van der Waals surface area contributed by atoms with Crippen LogP contribution in [0.2, 0.25) is 5.02 Å². The van der Waals surface area contributed by atoms with Crippen LogP contribution in [0.5, 0.6) is 0 Å². The molecule has 1 N–H and O–H groups in total. The Kier molecular flexibility index (Phi) is 4.37. The van der Waals surface area contributed by atoms with Crippen LogP contribution in [0.1, 0.15) is 33.8 Å². The van der Waals surface area contributed by atoms with E-state index in [1.165, 1.54) is 12.0 Å². The molecule has 0 radical (unpaired) electrons. The molecule has 1 aliphatic heterocycles. The summed E-state index contributed by atoms with van der Waals surface area (Å²) in [5.74, 6) is 0.743. The summed E-state index contributed by atoms with van der Waals surface area (Å²) in [6.07, 6.45) is 1.63. The van der Waals surface area contributed by atoms with Gasteiger partial charge in [-0.25, -0.2) is 0 Å². The predicted molar refractivity (Wildman–Crippen MR) is 86.2 cm³/mol. The SMILES string of the molecule is O=C(Cc1ccc(C2CCNC2)cc1)c1ccc(Cl)cc1. The fraction of sp³-hybridized carbons (Fsp3) is 0.278. The van der Waals surface area contributed by atoms with E-state index in [-0.39, 0.29) is 5.78 Å². The molecule has 1 saturated heterocycles. The molecule has 0 saturated carbocycles. The van der Waals surface area contributed by atoms with E-state index in [2.05, 4.69) is 29.6 Å². The first-order chi connectivity index (χ1) is 10.2. The summed E-state index contributed by atoms with van der Waals surface area (Å²) in [6, 6.07) is 15.5. The Hall–Kier alpha value is -1.64. The van der Waals surface area contributed by atoms with E-state index in [1.807, 2.05) is 0 Å². The lowest BCUT2D eigenvalue weighted by Crippen LogP contribution is -2.08. The molecule has 3 heteroatoms. The number of ketones is 1. The number of benzene rings is 2. The standard InChI is InChI=1S/C18H18ClNO/c19-17-7-5-15(6-8-17)18(21)11-13-1-3-14(4-2-13)16-9-10-20-12-16/h1-8,16,20H,9-12H2. The molecular formula is C18H18ClNO. The normalized spacial score (nSPS) is 17.9. The van der Waals surface area contributed by atoms with E-state index in [4.69, 9.17) is 11.6 Å². The molecule has 0 amide bonds. The fourth-order valence-corrected chi connectivity index (χ4v) is 2.90. The second kappa shape index (κ2) is 6.42. The van der Waals surface area contributed by atoms with Crippen molar-refractivity contribution in [2.24, 2.45) is 0 Å². The maximum atomic E-state index is 12.2. The van der Waals surface area contributed by atoms with Gasteiger partial charge in [0.1, 0.15) is 0 Å². The maximum absolute atomic E-state index is 12.2. The van der Waals surface area contributed by atoms with E-state index < -0.39 is 0 Å². The highest BCUT2D eigenvalue weighted by atomic mass is 35.5. The number of hydrogen-bond donors (Lipinski definition) is 1. The number of rotatable bonds is 4. The summed E-state index contributed by atoms with van der Waals surface area (Å²) in [5, 5.41) is 4.03. The zero-order valence-electron chi connectivity index (χ0n) is 11.8. The first-order valence-electron chi connectivity index (χ1n) is 7.31. The quantitative estimate of drug-likeness (QED) is 0.869. The fourth-order valence-electron chi connectivity index (χ4n) is 2.77. The van der Waals surface area contributed by atoms with Crippen molar-refractivity contribution in [1.29, 1.82) is 0 Å². The molecule has 1 heterocycles. The third kappa shape index (κ3) is 3.52. The lowest BCUT2D eigenvalue weighted by molar-refractivity contribution is 0.0993. The lowest BCUT2D eigenvalue weighted by Gasteiger charge is -2.09. The van der Waals surface area contributed by atoms with Gasteiger partial charge in [-0.05, 0) is 54.3 Å². The molecule has 1 fully saturated rings. The third-order valence-corrected chi connectivity index (χ3v) is 4.29. The Labute approximate surface area is 130 Å². The van der Waals surface area contributed by atoms with E-state index >= 15 is 0 Å². The molecule has 1 atom stereocenters. The second-order valence-electron chi connectivity index (χ2n) is 5.54. The Morgan fingerprint density at radius 3 is 2.43 bits per heavy atom. The van der Waals surface area contributed by atoms with Gasteiger partial charge in [0.25, 0.3) is 0 Å². The molecule has 2 aromatic rings. The van der Waals surface area contributed by atoms with Gasteiger partial charge in [-0.2, -0.15) is 0 Å². The summed E-state index contributed by atoms with van der Waals surface area (Å²) >= 11 is 5.84. The zero-order valence-corrected chi connectivity index (χ0v) is 12.6. The number of Topliss-reactive ketones (excluding diaryl/α,β-unsaturated/α-hetero) is 1. The van der Waals surface area contributed by atoms with Crippen molar-refractivity contribution >= 4 is 17.4 Å². The summed E-state index contributed by atoms with van der Waals surface area (Å²) in [7, 11) is 0. The molecule has 2 aromatic carbocycles. The van der Waals surface area contributed by atoms with Gasteiger partial charge in [-0.15, -0.1) is 0 Å². The zero-order chi connectivity index (χ0) is 14.7. The van der Waals surface area contributed by atoms with Crippen LogP contribution in [0.25, 0.3) is 0 Å². The molecule has 0 bridgehead atoms. The minimum absolute atomic E-state index is 0.127. The van der Waals surface area contributed by atoms with Gasteiger partial charge < -0.3 is 5.32 Å². The van der Waals surface area contributed by atoms with Crippen molar-refractivity contribution in [3.8, 4) is 0 Å². The Morgan fingerprint density at radius 1 is 1.10 bits per heavy atom. The summed E-state index contributed by atoms with van der Waals surface area (Å²) in [6.45, 7) is 2.16. The topological polar surface area (TPSA) is 29.1 Å². The number of nitrogens with one attached hydrogen (secondary N) is 1. The van der Waals surface area contributed by atoms with Crippen molar-refractivity contribution < 1.29 is 4.79 Å². The second-order valence-corrected chi connectivity index (χ2v) is 5.97. The van der Waals surface area contributed by atoms with Crippen molar-refractivity contribution in [3.05, 3.63) is 70.2 Å². The van der Waals surface area contributed by atoms with Crippen LogP contribution in [-0.4, -0.2) is 18.9 Å². The molecule has 1 aliphatic rings. The minimum atomic E-state index is 0.127. The van der Waals surface area contributed by atoms with Crippen molar-refractivity contribution in [2.75, 3.05) is 13.1 Å². The first kappa shape index (κ1) is 14.3. The predicted octanol–water partition coefficient (Wildman–Crippen LogP) is 3.84. The van der Waals surface area contributed by atoms with Gasteiger partial charge >= 0.3 is 0 Å². The van der Waals surface area contributed by atoms with Crippen LogP contribution < -0.4 is 5.32 Å². The summed E-state index contributed by atoms with van der Waals surface area (Å²) < 4.78 is 0. The average molecular weight is 300 g/mol. The minimum Gasteiger partial charge on any atom is -0.316 e. The highest BCUT2D eigenvalue weighted by molar-refractivity contribution is 6.30. The van der Waals surface area contributed by atoms with Crippen molar-refractivity contribution in [2.45, 2.75) is 18.8 Å². The van der Waals surface area contributed by atoms with Crippen LogP contribution in [0.15, 0.2) is 48.5 Å². The van der Waals surface area contributed by atoms with E-state index in [0.29, 0.717) is 22.9 Å². The van der Waals surface area contributed by atoms with Gasteiger partial charge in [-0.1, -0.05) is 35.9 Å². The van der Waals surface area contributed by atoms with Crippen LogP contribution in [-0.2, 0) is 6.42 Å². The third-order valence-electron chi connectivity index (χ3n) is 4.04. The van der Waals surface area contributed by atoms with E-state index in [0.717, 1.165) is 18.7 Å². The average Bonchev–Trinajstić information content (AvgIpc) is 3.03. The van der Waals surface area contributed by atoms with Crippen LogP contribution in [0, 0.1) is 0 Å². The molecule has 108 valence electrons. The van der Waals surface area contributed by atoms with Crippen LogP contribution in [0.4, 0.5) is 0 Å². The number of hydrogen-bond acceptors (Lipinski definition) is 2. The molecule has 3 rings (SSSR count). The summed E-state index contributed by atoms with van der Waals surface area (Å²) in [5.41, 5.74) is 3.14. The Bertz CT molecular complexity index is 613. The smallest absolute Gasteiger partial charge is 0.167 e. The summed E-state index contributed by atoms with van der Waals surface area (Å²) in [4.78, 5) is 12.2. The van der Waals surface area contributed by atoms with E-state index in [9.17, 15) is 4.79 Å². The number of carbonyl (C=O) groups is 1. The molecule has 2 nitrogen and oxygen atoms in total. The van der Waals surface area contributed by atoms with Gasteiger partial charge in [0, 0.05) is 23.6 Å². The molecule has 21 heavy (non-hydrogen) atoms. The van der Waals surface area contributed by atoms with Crippen LogP contribution >= 0.6 is 11.6 Å². The molecule has 0 spiro atoms. The first-order valence-corrected chi connectivity index (χ1v) is 7.68. The molecule has 1 unspecified atom stereocenters. The number of halogens is 1. The molecular weight excluding hydrogens is 282 g/mol. The molecule has 0 aromatic heterocycles. The highest BCUT2D eigenvalue weighted by Gasteiger charge is 2.16. The van der Waals surface area contributed by atoms with Gasteiger partial charge in [0.05, 0.1) is 0 Å². The number of carbonyl (C=O) groups excluding carboxylic acids is 1. The van der Waals surface area contributed by atoms with Crippen molar-refractivity contribution in [3.63, 3.8) is 0 Å². The van der Waals surface area contributed by atoms with E-state index in [1.54, 1.807) is 24.3 Å². The van der Waals surface area contributed by atoms with Crippen LogP contribution in [0.3, 0.4) is 0 Å². The van der Waals surface area contributed by atoms with Gasteiger partial charge in [0.15, 0.2) is 5.78 Å². The highest BCUT2D eigenvalue weighted by Crippen LogP contribution is 2.22. The van der Waals surface area contributed by atoms with Crippen molar-refractivity contribution in [1.82, 2.24) is 5.32 Å². The van der Waals surface area contributed by atoms with Gasteiger partial charge in [-0.3, -0.25) is 4.79 Å². The lowest BCUT2D eigenvalue weighted by atomic mass is 9.95.